The van der Waals surface area contributed by atoms with Crippen molar-refractivity contribution < 1.29 is 9.59 Å². The first-order valence-electron chi connectivity index (χ1n) is 11.1. The van der Waals surface area contributed by atoms with E-state index in [1.54, 1.807) is 29.7 Å². The Balaban J connectivity index is 1.10. The average molecular weight is 497 g/mol. The summed E-state index contributed by atoms with van der Waals surface area (Å²) in [7, 11) is 0. The van der Waals surface area contributed by atoms with E-state index in [0.717, 1.165) is 50.0 Å². The number of rotatable bonds is 7. The second-order valence-corrected chi connectivity index (χ2v) is 11.1. The van der Waals surface area contributed by atoms with Crippen molar-refractivity contribution in [2.24, 2.45) is 5.92 Å². The van der Waals surface area contributed by atoms with Crippen molar-refractivity contribution >= 4 is 57.6 Å². The number of aromatic nitrogens is 2. The molecule has 6 nitrogen and oxygen atoms in total. The Kier molecular flexibility index (Phi) is 6.89. The first kappa shape index (κ1) is 22.3. The Morgan fingerprint density at radius 2 is 2.03 bits per heavy atom. The number of imide groups is 1. The molecule has 0 bridgehead atoms. The van der Waals surface area contributed by atoms with E-state index in [1.807, 2.05) is 11.3 Å². The Bertz CT molecular complexity index is 1160. The quantitative estimate of drug-likeness (QED) is 0.415. The van der Waals surface area contributed by atoms with Gasteiger partial charge in [0.2, 0.25) is 5.95 Å². The predicted octanol–water partition coefficient (Wildman–Crippen LogP) is 5.83. The van der Waals surface area contributed by atoms with Gasteiger partial charge in [-0.1, -0.05) is 0 Å². The minimum absolute atomic E-state index is 0.343. The zero-order valence-electron chi connectivity index (χ0n) is 18.0. The second kappa shape index (κ2) is 10.2. The molecule has 5 rings (SSSR count). The van der Waals surface area contributed by atoms with Crippen molar-refractivity contribution in [3.63, 3.8) is 0 Å². The Morgan fingerprint density at radius 1 is 1.15 bits per heavy atom. The standard InChI is InChI=1S/C24H24N4O2S3/c29-22-21(33-24(30)27-22)13-19-4-8-25-23(26-19)28-9-5-16(6-10-28)2-1-3-20-12-18(15-32-20)17-7-11-31-14-17/h4,7-8,11-16H,1-3,5-6,9-10H2,(H,27,29,30)/b21-13-. The molecule has 0 spiro atoms. The number of carbonyl (C=O) groups is 2. The second-order valence-electron chi connectivity index (χ2n) is 8.27. The Hall–Kier alpha value is -2.49. The van der Waals surface area contributed by atoms with Crippen LogP contribution in [0, 0.1) is 5.92 Å². The van der Waals surface area contributed by atoms with Crippen molar-refractivity contribution in [1.29, 1.82) is 0 Å². The number of nitrogens with zero attached hydrogens (tertiary/aromatic N) is 3. The van der Waals surface area contributed by atoms with Gasteiger partial charge >= 0.3 is 0 Å². The fourth-order valence-corrected chi connectivity index (χ4v) is 6.50. The van der Waals surface area contributed by atoms with Crippen LogP contribution in [-0.4, -0.2) is 34.2 Å². The Morgan fingerprint density at radius 3 is 2.79 bits per heavy atom. The average Bonchev–Trinajstić information content (AvgIpc) is 3.57. The highest BCUT2D eigenvalue weighted by molar-refractivity contribution is 8.18. The fourth-order valence-electron chi connectivity index (χ4n) is 4.23. The highest BCUT2D eigenvalue weighted by atomic mass is 32.2. The third-order valence-electron chi connectivity index (χ3n) is 6.03. The zero-order chi connectivity index (χ0) is 22.6. The largest absolute Gasteiger partial charge is 0.341 e. The zero-order valence-corrected chi connectivity index (χ0v) is 20.5. The summed E-state index contributed by atoms with van der Waals surface area (Å²) in [5.41, 5.74) is 3.32. The molecular weight excluding hydrogens is 472 g/mol. The lowest BCUT2D eigenvalue weighted by Crippen LogP contribution is -2.35. The summed E-state index contributed by atoms with van der Waals surface area (Å²) in [5.74, 6) is 1.07. The maximum Gasteiger partial charge on any atom is 0.290 e. The number of nitrogens with one attached hydrogen (secondary N) is 1. The monoisotopic (exact) mass is 496 g/mol. The van der Waals surface area contributed by atoms with Gasteiger partial charge in [0.1, 0.15) is 0 Å². The van der Waals surface area contributed by atoms with Gasteiger partial charge in [-0.05, 0) is 101 Å². The lowest BCUT2D eigenvalue weighted by Gasteiger charge is -2.32. The van der Waals surface area contributed by atoms with Gasteiger partial charge in [-0.25, -0.2) is 9.97 Å². The molecule has 0 saturated carbocycles. The lowest BCUT2D eigenvalue weighted by atomic mass is 9.91. The van der Waals surface area contributed by atoms with Crippen LogP contribution in [-0.2, 0) is 11.2 Å². The van der Waals surface area contributed by atoms with E-state index in [4.69, 9.17) is 0 Å². The summed E-state index contributed by atoms with van der Waals surface area (Å²) in [5, 5.41) is 8.54. The molecule has 2 aliphatic heterocycles. The van der Waals surface area contributed by atoms with Crippen LogP contribution < -0.4 is 10.2 Å². The van der Waals surface area contributed by atoms with Gasteiger partial charge in [0.15, 0.2) is 0 Å². The summed E-state index contributed by atoms with van der Waals surface area (Å²) in [6, 6.07) is 6.29. The molecule has 0 radical (unpaired) electrons. The number of carbonyl (C=O) groups excluding carboxylic acids is 2. The number of aryl methyl sites for hydroxylation is 1. The van der Waals surface area contributed by atoms with Crippen molar-refractivity contribution in [2.75, 3.05) is 18.0 Å². The third-order valence-corrected chi connectivity index (χ3v) is 8.52. The fraction of sp³-hybridized carbons (Fsp3) is 0.333. The molecule has 2 fully saturated rings. The van der Waals surface area contributed by atoms with Crippen molar-refractivity contribution in [1.82, 2.24) is 15.3 Å². The van der Waals surface area contributed by atoms with Gasteiger partial charge in [0, 0.05) is 24.2 Å². The van der Waals surface area contributed by atoms with E-state index < -0.39 is 0 Å². The molecule has 3 aromatic heterocycles. The number of thioether (sulfide) groups is 1. The van der Waals surface area contributed by atoms with E-state index in [2.05, 4.69) is 48.5 Å². The maximum atomic E-state index is 11.8. The lowest BCUT2D eigenvalue weighted by molar-refractivity contribution is -0.115. The normalized spacial score (nSPS) is 18.3. The van der Waals surface area contributed by atoms with Crippen molar-refractivity contribution in [3.8, 4) is 11.1 Å². The van der Waals surface area contributed by atoms with Gasteiger partial charge in [0.25, 0.3) is 11.1 Å². The molecule has 2 aliphatic rings. The predicted molar refractivity (Wildman–Crippen MR) is 137 cm³/mol. The molecule has 0 aromatic carbocycles. The summed E-state index contributed by atoms with van der Waals surface area (Å²) in [4.78, 5) is 36.2. The molecule has 2 amide bonds. The first-order chi connectivity index (χ1) is 16.1. The summed E-state index contributed by atoms with van der Waals surface area (Å²) < 4.78 is 0. The number of anilines is 1. The highest BCUT2D eigenvalue weighted by Gasteiger charge is 2.25. The smallest absolute Gasteiger partial charge is 0.290 e. The van der Waals surface area contributed by atoms with Gasteiger partial charge in [-0.15, -0.1) is 11.3 Å². The van der Waals surface area contributed by atoms with Gasteiger partial charge in [-0.3, -0.25) is 14.9 Å². The van der Waals surface area contributed by atoms with E-state index in [0.29, 0.717) is 16.5 Å². The maximum absolute atomic E-state index is 11.8. The van der Waals surface area contributed by atoms with Gasteiger partial charge in [0.05, 0.1) is 10.6 Å². The number of thiophene rings is 2. The summed E-state index contributed by atoms with van der Waals surface area (Å²) in [6.45, 7) is 1.89. The number of amides is 2. The molecule has 9 heteroatoms. The molecule has 0 aliphatic carbocycles. The van der Waals surface area contributed by atoms with Crippen LogP contribution in [0.25, 0.3) is 17.2 Å². The summed E-state index contributed by atoms with van der Waals surface area (Å²) in [6.07, 6.45) is 9.29. The topological polar surface area (TPSA) is 75.2 Å². The number of hydrogen-bond acceptors (Lipinski definition) is 8. The van der Waals surface area contributed by atoms with Gasteiger partial charge < -0.3 is 4.90 Å². The van der Waals surface area contributed by atoms with Crippen LogP contribution >= 0.6 is 34.4 Å². The van der Waals surface area contributed by atoms with E-state index in [-0.39, 0.29) is 11.1 Å². The van der Waals surface area contributed by atoms with E-state index >= 15 is 0 Å². The van der Waals surface area contributed by atoms with E-state index in [9.17, 15) is 9.59 Å². The van der Waals surface area contributed by atoms with Crippen LogP contribution in [0.3, 0.4) is 0 Å². The molecule has 3 aromatic rings. The van der Waals surface area contributed by atoms with Crippen LogP contribution in [0.1, 0.15) is 36.3 Å². The minimum Gasteiger partial charge on any atom is -0.341 e. The minimum atomic E-state index is -0.365. The molecule has 0 atom stereocenters. The molecule has 33 heavy (non-hydrogen) atoms. The molecular formula is C24H24N4O2S3. The Labute approximate surface area is 205 Å². The molecule has 2 saturated heterocycles. The van der Waals surface area contributed by atoms with E-state index in [1.165, 1.54) is 28.8 Å². The number of piperidine rings is 1. The molecule has 5 heterocycles. The van der Waals surface area contributed by atoms with Crippen LogP contribution in [0.5, 0.6) is 0 Å². The first-order valence-corrected chi connectivity index (χ1v) is 13.7. The van der Waals surface area contributed by atoms with Crippen LogP contribution in [0.2, 0.25) is 0 Å². The third kappa shape index (κ3) is 5.54. The van der Waals surface area contributed by atoms with Crippen molar-refractivity contribution in [3.05, 3.63) is 56.0 Å². The molecule has 170 valence electrons. The van der Waals surface area contributed by atoms with Crippen LogP contribution in [0.4, 0.5) is 10.7 Å². The van der Waals surface area contributed by atoms with Crippen molar-refractivity contribution in [2.45, 2.75) is 32.1 Å². The highest BCUT2D eigenvalue weighted by Crippen LogP contribution is 2.30. The molecule has 0 unspecified atom stereocenters. The van der Waals surface area contributed by atoms with Crippen LogP contribution in [0.15, 0.2) is 45.4 Å². The molecule has 1 N–H and O–H groups in total. The number of hydrogen-bond donors (Lipinski definition) is 1. The SMILES string of the molecule is O=C1NC(=O)/C(=C/c2ccnc(N3CCC(CCCc4cc(-c5ccsc5)cs4)CC3)n2)S1. The summed E-state index contributed by atoms with van der Waals surface area (Å²) >= 11 is 4.53. The van der Waals surface area contributed by atoms with Gasteiger partial charge in [-0.2, -0.15) is 11.3 Å².